The molecule has 84 valence electrons. The van der Waals surface area contributed by atoms with Gasteiger partial charge < -0.3 is 10.4 Å². The van der Waals surface area contributed by atoms with E-state index in [1.807, 2.05) is 12.1 Å². The van der Waals surface area contributed by atoms with E-state index in [0.717, 1.165) is 11.1 Å². The fourth-order valence-electron chi connectivity index (χ4n) is 2.90. The van der Waals surface area contributed by atoms with Crippen molar-refractivity contribution in [3.63, 3.8) is 0 Å². The van der Waals surface area contributed by atoms with Crippen molar-refractivity contribution in [2.75, 3.05) is 6.54 Å². The Labute approximate surface area is 98.4 Å². The Balaban J connectivity index is 2.14. The maximum atomic E-state index is 11.4. The van der Waals surface area contributed by atoms with Gasteiger partial charge in [0.2, 0.25) is 5.91 Å². The minimum Gasteiger partial charge on any atom is -0.388 e. The van der Waals surface area contributed by atoms with E-state index in [1.54, 1.807) is 6.07 Å². The third-order valence-corrected chi connectivity index (χ3v) is 3.89. The summed E-state index contributed by atoms with van der Waals surface area (Å²) >= 11 is 5.98. The molecular weight excluding hydrogens is 226 g/mol. The molecule has 1 heterocycles. The lowest BCUT2D eigenvalue weighted by Gasteiger charge is -2.21. The standard InChI is InChI=1S/C12H12ClNO2/c13-7-1-2-8-9(3-7)12(4-10(8)15)5-11(16)14-6-12/h1-3,10,15H,4-6H2,(H,14,16). The van der Waals surface area contributed by atoms with Crippen molar-refractivity contribution in [1.82, 2.24) is 5.32 Å². The van der Waals surface area contributed by atoms with Crippen molar-refractivity contribution in [3.8, 4) is 0 Å². The Morgan fingerprint density at radius 2 is 2.31 bits per heavy atom. The van der Waals surface area contributed by atoms with E-state index in [2.05, 4.69) is 5.32 Å². The summed E-state index contributed by atoms with van der Waals surface area (Å²) in [6, 6.07) is 5.53. The number of halogens is 1. The molecule has 3 rings (SSSR count). The van der Waals surface area contributed by atoms with E-state index < -0.39 is 6.10 Å². The van der Waals surface area contributed by atoms with Gasteiger partial charge in [-0.2, -0.15) is 0 Å². The topological polar surface area (TPSA) is 49.3 Å². The van der Waals surface area contributed by atoms with Crippen molar-refractivity contribution in [3.05, 3.63) is 34.3 Å². The zero-order chi connectivity index (χ0) is 11.3. The molecule has 1 aromatic rings. The Morgan fingerprint density at radius 1 is 1.50 bits per heavy atom. The van der Waals surface area contributed by atoms with Gasteiger partial charge in [0.25, 0.3) is 0 Å². The van der Waals surface area contributed by atoms with E-state index >= 15 is 0 Å². The molecule has 2 aliphatic rings. The minimum absolute atomic E-state index is 0.0556. The molecule has 1 fully saturated rings. The van der Waals surface area contributed by atoms with Crippen LogP contribution in [0.25, 0.3) is 0 Å². The molecule has 1 aliphatic heterocycles. The summed E-state index contributed by atoms with van der Waals surface area (Å²) in [5, 5.41) is 13.5. The van der Waals surface area contributed by atoms with Crippen molar-refractivity contribution >= 4 is 17.5 Å². The highest BCUT2D eigenvalue weighted by molar-refractivity contribution is 6.30. The molecule has 16 heavy (non-hydrogen) atoms. The summed E-state index contributed by atoms with van der Waals surface area (Å²) < 4.78 is 0. The number of aliphatic hydroxyl groups is 1. The molecule has 0 saturated carbocycles. The molecule has 3 nitrogen and oxygen atoms in total. The third-order valence-electron chi connectivity index (χ3n) is 3.65. The molecule has 0 bridgehead atoms. The van der Waals surface area contributed by atoms with Gasteiger partial charge in [0.1, 0.15) is 0 Å². The first-order valence-corrected chi connectivity index (χ1v) is 5.73. The van der Waals surface area contributed by atoms with Gasteiger partial charge in [-0.25, -0.2) is 0 Å². The van der Waals surface area contributed by atoms with Crippen LogP contribution in [0.15, 0.2) is 18.2 Å². The lowest BCUT2D eigenvalue weighted by molar-refractivity contribution is -0.119. The van der Waals surface area contributed by atoms with Crippen LogP contribution in [-0.4, -0.2) is 17.6 Å². The normalized spacial score (nSPS) is 31.9. The van der Waals surface area contributed by atoms with Crippen LogP contribution in [0.1, 0.15) is 30.1 Å². The average molecular weight is 238 g/mol. The Morgan fingerprint density at radius 3 is 3.00 bits per heavy atom. The van der Waals surface area contributed by atoms with Crippen molar-refractivity contribution in [2.45, 2.75) is 24.4 Å². The van der Waals surface area contributed by atoms with Crippen LogP contribution in [0.5, 0.6) is 0 Å². The molecule has 1 amide bonds. The van der Waals surface area contributed by atoms with Gasteiger partial charge in [0, 0.05) is 23.4 Å². The monoisotopic (exact) mass is 237 g/mol. The van der Waals surface area contributed by atoms with E-state index in [-0.39, 0.29) is 11.3 Å². The van der Waals surface area contributed by atoms with Crippen molar-refractivity contribution in [2.24, 2.45) is 0 Å². The number of fused-ring (bicyclic) bond motifs is 2. The summed E-state index contributed by atoms with van der Waals surface area (Å²) in [5.41, 5.74) is 1.71. The van der Waals surface area contributed by atoms with E-state index in [4.69, 9.17) is 11.6 Å². The van der Waals surface area contributed by atoms with Gasteiger partial charge in [-0.1, -0.05) is 17.7 Å². The van der Waals surface area contributed by atoms with Crippen LogP contribution in [-0.2, 0) is 10.2 Å². The second kappa shape index (κ2) is 3.22. The number of carbonyl (C=O) groups excluding carboxylic acids is 1. The lowest BCUT2D eigenvalue weighted by Crippen LogP contribution is -2.26. The number of hydrogen-bond donors (Lipinski definition) is 2. The maximum absolute atomic E-state index is 11.4. The Hall–Kier alpha value is -1.06. The van der Waals surface area contributed by atoms with Crippen LogP contribution in [0.4, 0.5) is 0 Å². The number of carbonyl (C=O) groups is 1. The predicted molar refractivity (Wildman–Crippen MR) is 60.3 cm³/mol. The quantitative estimate of drug-likeness (QED) is 0.719. The zero-order valence-electron chi connectivity index (χ0n) is 8.66. The molecule has 2 atom stereocenters. The van der Waals surface area contributed by atoms with Crippen LogP contribution in [0.2, 0.25) is 5.02 Å². The van der Waals surface area contributed by atoms with Crippen LogP contribution in [0.3, 0.4) is 0 Å². The van der Waals surface area contributed by atoms with Gasteiger partial charge >= 0.3 is 0 Å². The van der Waals surface area contributed by atoms with Crippen molar-refractivity contribution < 1.29 is 9.90 Å². The molecule has 2 N–H and O–H groups in total. The number of rotatable bonds is 0. The number of benzene rings is 1. The number of aliphatic hydroxyl groups excluding tert-OH is 1. The van der Waals surface area contributed by atoms with E-state index in [9.17, 15) is 9.90 Å². The molecule has 1 spiro atoms. The predicted octanol–water partition coefficient (Wildman–Crippen LogP) is 1.53. The molecule has 1 aliphatic carbocycles. The summed E-state index contributed by atoms with van der Waals surface area (Å²) in [6.45, 7) is 0.607. The molecule has 0 aromatic heterocycles. The van der Waals surface area contributed by atoms with Gasteiger partial charge in [0.15, 0.2) is 0 Å². The molecule has 0 radical (unpaired) electrons. The fourth-order valence-corrected chi connectivity index (χ4v) is 3.08. The molecule has 1 saturated heterocycles. The highest BCUT2D eigenvalue weighted by atomic mass is 35.5. The number of nitrogens with one attached hydrogen (secondary N) is 1. The first kappa shape index (κ1) is 10.1. The van der Waals surface area contributed by atoms with Gasteiger partial charge in [-0.05, 0) is 29.7 Å². The van der Waals surface area contributed by atoms with Gasteiger partial charge in [-0.3, -0.25) is 4.79 Å². The second-order valence-corrected chi connectivity index (χ2v) is 5.12. The largest absolute Gasteiger partial charge is 0.388 e. The van der Waals surface area contributed by atoms with Crippen LogP contribution < -0.4 is 5.32 Å². The summed E-state index contributed by atoms with van der Waals surface area (Å²) in [6.07, 6.45) is 0.596. The molecule has 1 aromatic carbocycles. The second-order valence-electron chi connectivity index (χ2n) is 4.69. The molecular formula is C12H12ClNO2. The SMILES string of the molecule is O=C1CC2(CN1)CC(O)c1ccc(Cl)cc12. The highest BCUT2D eigenvalue weighted by Crippen LogP contribution is 2.49. The first-order chi connectivity index (χ1) is 7.61. The summed E-state index contributed by atoms with van der Waals surface area (Å²) in [7, 11) is 0. The zero-order valence-corrected chi connectivity index (χ0v) is 9.42. The lowest BCUT2D eigenvalue weighted by atomic mass is 9.81. The van der Waals surface area contributed by atoms with Gasteiger partial charge in [-0.15, -0.1) is 0 Å². The Bertz CT molecular complexity index is 474. The smallest absolute Gasteiger partial charge is 0.220 e. The van der Waals surface area contributed by atoms with Crippen LogP contribution >= 0.6 is 11.6 Å². The van der Waals surface area contributed by atoms with E-state index in [0.29, 0.717) is 24.4 Å². The number of hydrogen-bond acceptors (Lipinski definition) is 2. The minimum atomic E-state index is -0.472. The van der Waals surface area contributed by atoms with E-state index in [1.165, 1.54) is 0 Å². The van der Waals surface area contributed by atoms with Gasteiger partial charge in [0.05, 0.1) is 6.10 Å². The summed E-state index contributed by atoms with van der Waals surface area (Å²) in [4.78, 5) is 11.4. The highest BCUT2D eigenvalue weighted by Gasteiger charge is 2.47. The molecule has 4 heteroatoms. The number of amides is 1. The summed E-state index contributed by atoms with van der Waals surface area (Å²) in [5.74, 6) is 0.0556. The third kappa shape index (κ3) is 1.28. The average Bonchev–Trinajstić information content (AvgIpc) is 2.71. The fraction of sp³-hybridized carbons (Fsp3) is 0.417. The van der Waals surface area contributed by atoms with Crippen molar-refractivity contribution in [1.29, 1.82) is 0 Å². The Kier molecular flexibility index (Phi) is 2.03. The maximum Gasteiger partial charge on any atom is 0.220 e. The van der Waals surface area contributed by atoms with Crippen LogP contribution in [0, 0.1) is 0 Å². The first-order valence-electron chi connectivity index (χ1n) is 5.35. The molecule has 2 unspecified atom stereocenters.